The van der Waals surface area contributed by atoms with Crippen LogP contribution < -0.4 is 5.32 Å². The molecule has 15 heavy (non-hydrogen) atoms. The van der Waals surface area contributed by atoms with E-state index >= 15 is 0 Å². The smallest absolute Gasteiger partial charge is 0.104 e. The zero-order valence-electron chi connectivity index (χ0n) is 8.53. The zero-order valence-corrected chi connectivity index (χ0v) is 10.1. The Hall–Kier alpha value is -0.690. The van der Waals surface area contributed by atoms with Crippen molar-refractivity contribution in [2.45, 2.75) is 11.8 Å². The molecule has 1 aromatic rings. The summed E-state index contributed by atoms with van der Waals surface area (Å²) in [4.78, 5) is 0. The molecular formula is C11H13ClN2S. The molecule has 1 unspecified atom stereocenters. The van der Waals surface area contributed by atoms with Crippen molar-refractivity contribution in [3.05, 3.63) is 34.9 Å². The number of nitrogens with zero attached hydrogens (tertiary/aromatic N) is 1. The molecule has 1 atom stereocenters. The summed E-state index contributed by atoms with van der Waals surface area (Å²) < 4.78 is 0. The van der Waals surface area contributed by atoms with Gasteiger partial charge in [-0.25, -0.2) is 0 Å². The number of nitriles is 1. The number of nitrogens with one attached hydrogen (secondary N) is 1. The first kappa shape index (κ1) is 12.4. The minimum atomic E-state index is -0.0673. The first-order valence-electron chi connectivity index (χ1n) is 4.65. The zero-order chi connectivity index (χ0) is 11.1. The van der Waals surface area contributed by atoms with Crippen LogP contribution in [0.5, 0.6) is 0 Å². The van der Waals surface area contributed by atoms with Crippen LogP contribution in [0, 0.1) is 11.3 Å². The monoisotopic (exact) mass is 240 g/mol. The normalized spacial score (nSPS) is 12.1. The van der Waals surface area contributed by atoms with Crippen LogP contribution in [-0.4, -0.2) is 18.8 Å². The first-order valence-corrected chi connectivity index (χ1v) is 6.18. The number of rotatable bonds is 5. The second-order valence-corrected chi connectivity index (χ2v) is 4.58. The Kier molecular flexibility index (Phi) is 5.56. The van der Waals surface area contributed by atoms with Crippen molar-refractivity contribution in [1.82, 2.24) is 5.32 Å². The van der Waals surface area contributed by atoms with E-state index in [1.54, 1.807) is 18.8 Å². The van der Waals surface area contributed by atoms with Gasteiger partial charge in [-0.15, -0.1) is 0 Å². The lowest BCUT2D eigenvalue weighted by Gasteiger charge is -2.06. The summed E-state index contributed by atoms with van der Waals surface area (Å²) in [5.74, 6) is 1.71. The van der Waals surface area contributed by atoms with E-state index in [1.807, 2.05) is 24.3 Å². The summed E-state index contributed by atoms with van der Waals surface area (Å²) in [6.07, 6.45) is 0. The molecule has 0 heterocycles. The fourth-order valence-corrected chi connectivity index (χ4v) is 2.21. The average Bonchev–Trinajstić information content (AvgIpc) is 2.27. The fourth-order valence-electron chi connectivity index (χ4n) is 1.06. The van der Waals surface area contributed by atoms with Crippen LogP contribution in [0.1, 0.15) is 5.56 Å². The Balaban J connectivity index is 2.32. The molecule has 0 saturated carbocycles. The molecule has 0 bridgehead atoms. The molecule has 0 spiro atoms. The molecule has 0 fully saturated rings. The molecule has 1 rings (SSSR count). The van der Waals surface area contributed by atoms with Crippen LogP contribution in [-0.2, 0) is 5.75 Å². The lowest BCUT2D eigenvalue weighted by Crippen LogP contribution is -2.25. The maximum Gasteiger partial charge on any atom is 0.104 e. The lowest BCUT2D eigenvalue weighted by molar-refractivity contribution is 0.750. The van der Waals surface area contributed by atoms with E-state index in [1.165, 1.54) is 5.56 Å². The highest BCUT2D eigenvalue weighted by atomic mass is 35.5. The van der Waals surface area contributed by atoms with Crippen molar-refractivity contribution in [3.8, 4) is 6.07 Å². The predicted molar refractivity (Wildman–Crippen MR) is 66.1 cm³/mol. The number of halogens is 1. The molecule has 2 nitrogen and oxygen atoms in total. The van der Waals surface area contributed by atoms with Gasteiger partial charge >= 0.3 is 0 Å². The Labute approximate surface area is 99.6 Å². The Morgan fingerprint density at radius 1 is 1.47 bits per heavy atom. The van der Waals surface area contributed by atoms with Crippen molar-refractivity contribution in [1.29, 1.82) is 5.26 Å². The van der Waals surface area contributed by atoms with Gasteiger partial charge in [-0.3, -0.25) is 0 Å². The van der Waals surface area contributed by atoms with E-state index in [4.69, 9.17) is 16.9 Å². The highest BCUT2D eigenvalue weighted by Gasteiger charge is 2.03. The van der Waals surface area contributed by atoms with Crippen molar-refractivity contribution in [2.24, 2.45) is 0 Å². The van der Waals surface area contributed by atoms with E-state index in [9.17, 15) is 0 Å². The molecule has 4 heteroatoms. The summed E-state index contributed by atoms with van der Waals surface area (Å²) in [5, 5.41) is 12.4. The maximum absolute atomic E-state index is 8.72. The van der Waals surface area contributed by atoms with Gasteiger partial charge in [0.2, 0.25) is 0 Å². The van der Waals surface area contributed by atoms with E-state index in [2.05, 4.69) is 11.4 Å². The van der Waals surface area contributed by atoms with Gasteiger partial charge in [-0.1, -0.05) is 23.7 Å². The number of thioether (sulfide) groups is 1. The molecule has 0 saturated heterocycles. The highest BCUT2D eigenvalue weighted by molar-refractivity contribution is 7.98. The molecule has 1 N–H and O–H groups in total. The van der Waals surface area contributed by atoms with E-state index < -0.39 is 0 Å². The Morgan fingerprint density at radius 3 is 2.67 bits per heavy atom. The number of hydrogen-bond donors (Lipinski definition) is 1. The summed E-state index contributed by atoms with van der Waals surface area (Å²) in [5.41, 5.74) is 1.23. The van der Waals surface area contributed by atoms with Gasteiger partial charge < -0.3 is 5.32 Å². The Bertz CT molecular complexity index is 331. The molecule has 0 aromatic heterocycles. The molecule has 0 aliphatic carbocycles. The number of hydrogen-bond acceptors (Lipinski definition) is 3. The maximum atomic E-state index is 8.72. The molecule has 1 aromatic carbocycles. The van der Waals surface area contributed by atoms with Crippen LogP contribution >= 0.6 is 23.4 Å². The SMILES string of the molecule is CNC(C#N)CSCc1ccc(Cl)cc1. The minimum Gasteiger partial charge on any atom is -0.304 e. The van der Waals surface area contributed by atoms with E-state index in [0.29, 0.717) is 0 Å². The summed E-state index contributed by atoms with van der Waals surface area (Å²) in [6, 6.07) is 9.92. The topological polar surface area (TPSA) is 35.8 Å². The van der Waals surface area contributed by atoms with Gasteiger partial charge in [0.15, 0.2) is 0 Å². The van der Waals surface area contributed by atoms with Gasteiger partial charge in [0, 0.05) is 16.5 Å². The van der Waals surface area contributed by atoms with Crippen molar-refractivity contribution in [2.75, 3.05) is 12.8 Å². The van der Waals surface area contributed by atoms with Crippen molar-refractivity contribution < 1.29 is 0 Å². The van der Waals surface area contributed by atoms with Crippen molar-refractivity contribution in [3.63, 3.8) is 0 Å². The molecule has 0 aliphatic heterocycles. The largest absolute Gasteiger partial charge is 0.304 e. The molecule has 0 amide bonds. The first-order chi connectivity index (χ1) is 7.26. The van der Waals surface area contributed by atoms with E-state index in [0.717, 1.165) is 16.5 Å². The fraction of sp³-hybridized carbons (Fsp3) is 0.364. The second-order valence-electron chi connectivity index (χ2n) is 3.11. The molecule has 0 radical (unpaired) electrons. The third-order valence-electron chi connectivity index (χ3n) is 1.97. The highest BCUT2D eigenvalue weighted by Crippen LogP contribution is 2.15. The quantitative estimate of drug-likeness (QED) is 0.860. The summed E-state index contributed by atoms with van der Waals surface area (Å²) >= 11 is 7.52. The summed E-state index contributed by atoms with van der Waals surface area (Å²) in [6.45, 7) is 0. The molecule has 0 aliphatic rings. The van der Waals surface area contributed by atoms with Gasteiger partial charge in [0.05, 0.1) is 6.07 Å². The van der Waals surface area contributed by atoms with Crippen LogP contribution in [0.2, 0.25) is 5.02 Å². The minimum absolute atomic E-state index is 0.0673. The van der Waals surface area contributed by atoms with Gasteiger partial charge in [0.1, 0.15) is 6.04 Å². The molecule has 80 valence electrons. The summed E-state index contributed by atoms with van der Waals surface area (Å²) in [7, 11) is 1.80. The Morgan fingerprint density at radius 2 is 2.13 bits per heavy atom. The standard InChI is InChI=1S/C11H13ClN2S/c1-14-11(6-13)8-15-7-9-2-4-10(12)5-3-9/h2-5,11,14H,7-8H2,1H3. The van der Waals surface area contributed by atoms with Gasteiger partial charge in [-0.2, -0.15) is 17.0 Å². The van der Waals surface area contributed by atoms with Crippen LogP contribution in [0.15, 0.2) is 24.3 Å². The number of benzene rings is 1. The third kappa shape index (κ3) is 4.57. The molecular weight excluding hydrogens is 228 g/mol. The third-order valence-corrected chi connectivity index (χ3v) is 3.33. The average molecular weight is 241 g/mol. The second kappa shape index (κ2) is 6.73. The van der Waals surface area contributed by atoms with Crippen LogP contribution in [0.3, 0.4) is 0 Å². The van der Waals surface area contributed by atoms with Crippen LogP contribution in [0.25, 0.3) is 0 Å². The van der Waals surface area contributed by atoms with E-state index in [-0.39, 0.29) is 6.04 Å². The van der Waals surface area contributed by atoms with Gasteiger partial charge in [0.25, 0.3) is 0 Å². The van der Waals surface area contributed by atoms with Crippen LogP contribution in [0.4, 0.5) is 0 Å². The van der Waals surface area contributed by atoms with Gasteiger partial charge in [-0.05, 0) is 24.7 Å². The predicted octanol–water partition coefficient (Wildman–Crippen LogP) is 2.68. The lowest BCUT2D eigenvalue weighted by atomic mass is 10.2. The van der Waals surface area contributed by atoms with Crippen molar-refractivity contribution >= 4 is 23.4 Å².